The standard InChI is InChI=1S/C16H28N4O2/c1-5-20-10-6-8-16(4,11-20)15(21)17-9-7-13-18-14(12(2)3)19-22-13/h12H,5-11H2,1-4H3,(H,17,21)/t16-/m0/s1. The smallest absolute Gasteiger partial charge is 0.228 e. The van der Waals surface area contributed by atoms with Gasteiger partial charge in [0.1, 0.15) is 0 Å². The van der Waals surface area contributed by atoms with E-state index in [1.807, 2.05) is 13.8 Å². The van der Waals surface area contributed by atoms with Crippen LogP contribution < -0.4 is 5.32 Å². The number of carbonyl (C=O) groups excluding carboxylic acids is 1. The predicted octanol–water partition coefficient (Wildman–Crippen LogP) is 1.97. The Kier molecular flexibility index (Phi) is 5.56. The molecule has 6 heteroatoms. The van der Waals surface area contributed by atoms with Gasteiger partial charge in [0, 0.05) is 25.4 Å². The summed E-state index contributed by atoms with van der Waals surface area (Å²) in [6.45, 7) is 11.7. The lowest BCUT2D eigenvalue weighted by atomic mass is 9.81. The van der Waals surface area contributed by atoms with Gasteiger partial charge in [-0.2, -0.15) is 4.98 Å². The Morgan fingerprint density at radius 2 is 2.27 bits per heavy atom. The van der Waals surface area contributed by atoms with E-state index in [2.05, 4.69) is 34.2 Å². The fourth-order valence-electron chi connectivity index (χ4n) is 2.90. The summed E-state index contributed by atoms with van der Waals surface area (Å²) >= 11 is 0. The maximum atomic E-state index is 12.5. The minimum absolute atomic E-state index is 0.134. The SMILES string of the molecule is CCN1CCC[C@](C)(C(=O)NCCc2nc(C(C)C)no2)C1. The Morgan fingerprint density at radius 1 is 1.50 bits per heavy atom. The number of hydrogen-bond donors (Lipinski definition) is 1. The molecule has 22 heavy (non-hydrogen) atoms. The molecule has 6 nitrogen and oxygen atoms in total. The van der Waals surface area contributed by atoms with Crippen molar-refractivity contribution in [1.29, 1.82) is 0 Å². The van der Waals surface area contributed by atoms with E-state index in [9.17, 15) is 4.79 Å². The minimum Gasteiger partial charge on any atom is -0.355 e. The van der Waals surface area contributed by atoms with Gasteiger partial charge in [-0.15, -0.1) is 0 Å². The van der Waals surface area contributed by atoms with Gasteiger partial charge in [-0.05, 0) is 32.9 Å². The third-order valence-electron chi connectivity index (χ3n) is 4.40. The van der Waals surface area contributed by atoms with Gasteiger partial charge >= 0.3 is 0 Å². The summed E-state index contributed by atoms with van der Waals surface area (Å²) in [5.41, 5.74) is -0.286. The normalized spacial score (nSPS) is 23.0. The Labute approximate surface area is 132 Å². The molecule has 1 aliphatic heterocycles. The van der Waals surface area contributed by atoms with E-state index in [4.69, 9.17) is 4.52 Å². The molecule has 1 saturated heterocycles. The third-order valence-corrected chi connectivity index (χ3v) is 4.40. The zero-order valence-corrected chi connectivity index (χ0v) is 14.2. The number of nitrogens with one attached hydrogen (secondary N) is 1. The quantitative estimate of drug-likeness (QED) is 0.870. The lowest BCUT2D eigenvalue weighted by Crippen LogP contribution is -2.50. The molecule has 124 valence electrons. The van der Waals surface area contributed by atoms with E-state index in [0.29, 0.717) is 18.9 Å². The Bertz CT molecular complexity index is 500. The molecule has 0 radical (unpaired) electrons. The number of nitrogens with zero attached hydrogens (tertiary/aromatic N) is 3. The highest BCUT2D eigenvalue weighted by Gasteiger charge is 2.37. The van der Waals surface area contributed by atoms with Crippen LogP contribution in [0.15, 0.2) is 4.52 Å². The van der Waals surface area contributed by atoms with E-state index in [1.54, 1.807) is 0 Å². The average molecular weight is 308 g/mol. The van der Waals surface area contributed by atoms with Crippen molar-refractivity contribution in [1.82, 2.24) is 20.4 Å². The fourth-order valence-corrected chi connectivity index (χ4v) is 2.90. The summed E-state index contributed by atoms with van der Waals surface area (Å²) in [5.74, 6) is 1.70. The molecule has 1 fully saturated rings. The summed E-state index contributed by atoms with van der Waals surface area (Å²) in [4.78, 5) is 19.1. The number of rotatable bonds is 6. The Balaban J connectivity index is 1.81. The number of hydrogen-bond acceptors (Lipinski definition) is 5. The molecule has 1 N–H and O–H groups in total. The molecule has 1 amide bonds. The molecule has 1 aromatic heterocycles. The molecule has 0 unspecified atom stereocenters. The lowest BCUT2D eigenvalue weighted by Gasteiger charge is -2.38. The van der Waals surface area contributed by atoms with Crippen LogP contribution in [-0.4, -0.2) is 47.1 Å². The van der Waals surface area contributed by atoms with Crippen molar-refractivity contribution in [2.75, 3.05) is 26.2 Å². The van der Waals surface area contributed by atoms with Gasteiger partial charge in [-0.25, -0.2) is 0 Å². The maximum absolute atomic E-state index is 12.5. The first-order chi connectivity index (χ1) is 10.4. The van der Waals surface area contributed by atoms with Crippen molar-refractivity contribution in [3.63, 3.8) is 0 Å². The summed E-state index contributed by atoms with van der Waals surface area (Å²) in [5, 5.41) is 6.96. The van der Waals surface area contributed by atoms with Gasteiger partial charge in [-0.1, -0.05) is 25.9 Å². The van der Waals surface area contributed by atoms with Crippen molar-refractivity contribution in [2.45, 2.75) is 52.9 Å². The maximum Gasteiger partial charge on any atom is 0.228 e. The van der Waals surface area contributed by atoms with Crippen LogP contribution >= 0.6 is 0 Å². The van der Waals surface area contributed by atoms with Crippen LogP contribution in [0.25, 0.3) is 0 Å². The van der Waals surface area contributed by atoms with E-state index < -0.39 is 0 Å². The summed E-state index contributed by atoms with van der Waals surface area (Å²) in [6.07, 6.45) is 2.62. The van der Waals surface area contributed by atoms with Crippen molar-refractivity contribution in [2.24, 2.45) is 5.41 Å². The van der Waals surface area contributed by atoms with E-state index in [0.717, 1.165) is 38.3 Å². The lowest BCUT2D eigenvalue weighted by molar-refractivity contribution is -0.133. The highest BCUT2D eigenvalue weighted by molar-refractivity contribution is 5.82. The van der Waals surface area contributed by atoms with Crippen LogP contribution in [0.2, 0.25) is 0 Å². The van der Waals surface area contributed by atoms with Crippen molar-refractivity contribution < 1.29 is 9.32 Å². The second-order valence-corrected chi connectivity index (χ2v) is 6.74. The number of aromatic nitrogens is 2. The highest BCUT2D eigenvalue weighted by Crippen LogP contribution is 2.29. The average Bonchev–Trinajstić information content (AvgIpc) is 2.96. The molecule has 1 aromatic rings. The van der Waals surface area contributed by atoms with E-state index in [1.165, 1.54) is 0 Å². The Morgan fingerprint density at radius 3 is 2.91 bits per heavy atom. The minimum atomic E-state index is -0.286. The van der Waals surface area contributed by atoms with Crippen LogP contribution in [0.1, 0.15) is 58.2 Å². The first kappa shape index (κ1) is 16.9. The fraction of sp³-hybridized carbons (Fsp3) is 0.812. The zero-order chi connectivity index (χ0) is 16.2. The topological polar surface area (TPSA) is 71.3 Å². The molecule has 0 aliphatic carbocycles. The number of piperidine rings is 1. The van der Waals surface area contributed by atoms with Gasteiger partial charge in [0.05, 0.1) is 5.41 Å². The highest BCUT2D eigenvalue weighted by atomic mass is 16.5. The van der Waals surface area contributed by atoms with Crippen LogP contribution in [0, 0.1) is 5.41 Å². The van der Waals surface area contributed by atoms with Gasteiger partial charge in [0.25, 0.3) is 0 Å². The largest absolute Gasteiger partial charge is 0.355 e. The number of amides is 1. The molecule has 0 aromatic carbocycles. The molecule has 2 rings (SSSR count). The molecule has 2 heterocycles. The first-order valence-corrected chi connectivity index (χ1v) is 8.28. The molecule has 0 bridgehead atoms. The summed E-state index contributed by atoms with van der Waals surface area (Å²) in [7, 11) is 0. The Hall–Kier alpha value is -1.43. The molecule has 1 atom stereocenters. The van der Waals surface area contributed by atoms with Crippen LogP contribution in [0.3, 0.4) is 0 Å². The molecule has 0 saturated carbocycles. The first-order valence-electron chi connectivity index (χ1n) is 8.28. The predicted molar refractivity (Wildman–Crippen MR) is 84.6 cm³/mol. The van der Waals surface area contributed by atoms with E-state index >= 15 is 0 Å². The second kappa shape index (κ2) is 7.22. The van der Waals surface area contributed by atoms with Crippen LogP contribution in [0.4, 0.5) is 0 Å². The van der Waals surface area contributed by atoms with Crippen molar-refractivity contribution in [3.05, 3.63) is 11.7 Å². The monoisotopic (exact) mass is 308 g/mol. The summed E-state index contributed by atoms with van der Waals surface area (Å²) in [6, 6.07) is 0. The van der Waals surface area contributed by atoms with Crippen LogP contribution in [-0.2, 0) is 11.2 Å². The summed E-state index contributed by atoms with van der Waals surface area (Å²) < 4.78 is 5.19. The van der Waals surface area contributed by atoms with Gasteiger partial charge < -0.3 is 14.7 Å². The van der Waals surface area contributed by atoms with Crippen LogP contribution in [0.5, 0.6) is 0 Å². The third kappa shape index (κ3) is 4.06. The van der Waals surface area contributed by atoms with Gasteiger partial charge in [0.15, 0.2) is 5.82 Å². The molecule has 0 spiro atoms. The molecule has 1 aliphatic rings. The second-order valence-electron chi connectivity index (χ2n) is 6.74. The number of likely N-dealkylation sites (tertiary alicyclic amines) is 1. The molecular weight excluding hydrogens is 280 g/mol. The molecular formula is C16H28N4O2. The van der Waals surface area contributed by atoms with Crippen molar-refractivity contribution >= 4 is 5.91 Å². The number of carbonyl (C=O) groups is 1. The zero-order valence-electron chi connectivity index (χ0n) is 14.2. The van der Waals surface area contributed by atoms with Gasteiger partial charge in [-0.3, -0.25) is 4.79 Å². The van der Waals surface area contributed by atoms with E-state index in [-0.39, 0.29) is 17.2 Å². The van der Waals surface area contributed by atoms with Crippen molar-refractivity contribution in [3.8, 4) is 0 Å². The van der Waals surface area contributed by atoms with Gasteiger partial charge in [0.2, 0.25) is 11.8 Å².